The molecule has 1 rings (SSSR count). The molecule has 12 nitrogen and oxygen atoms in total. The van der Waals surface area contributed by atoms with E-state index < -0.39 is 22.8 Å². The van der Waals surface area contributed by atoms with Crippen molar-refractivity contribution in [1.82, 2.24) is 16.3 Å². The minimum atomic E-state index is -1.19. The number of nitro groups is 1. The number of carbonyl (C=O) groups excluding carboxylic acids is 2. The molecule has 0 heterocycles. The normalized spacial score (nSPS) is 11.0. The molecule has 2 amide bonds. The minimum Gasteiger partial charge on any atom is -0.508 e. The summed E-state index contributed by atoms with van der Waals surface area (Å²) in [7, 11) is 0. The van der Waals surface area contributed by atoms with Crippen molar-refractivity contribution >= 4 is 24.0 Å². The van der Waals surface area contributed by atoms with Gasteiger partial charge >= 0.3 is 11.8 Å². The highest BCUT2D eigenvalue weighted by Gasteiger charge is 2.14. The lowest BCUT2D eigenvalue weighted by atomic mass is 10.2. The minimum absolute atomic E-state index is 0.0827. The summed E-state index contributed by atoms with van der Waals surface area (Å²) in [6, 6.07) is 5.98. The number of nitrogens with one attached hydrogen (secondary N) is 4. The van der Waals surface area contributed by atoms with E-state index in [9.17, 15) is 19.7 Å². The van der Waals surface area contributed by atoms with Crippen LogP contribution in [0.15, 0.2) is 29.4 Å². The molecule has 0 aliphatic carbocycles. The van der Waals surface area contributed by atoms with Crippen LogP contribution in [0.1, 0.15) is 5.56 Å². The molecule has 12 heteroatoms. The Hall–Kier alpha value is -3.70. The molecule has 0 saturated carbocycles. The van der Waals surface area contributed by atoms with E-state index >= 15 is 0 Å². The maximum atomic E-state index is 11.3. The van der Waals surface area contributed by atoms with Crippen molar-refractivity contribution in [2.24, 2.45) is 10.8 Å². The van der Waals surface area contributed by atoms with Gasteiger partial charge in [-0.05, 0) is 24.3 Å². The number of hydrogen-bond donors (Lipinski definition) is 6. The molecule has 0 atom stereocenters. The molecule has 22 heavy (non-hydrogen) atoms. The number of rotatable bonds is 4. The van der Waals surface area contributed by atoms with Crippen molar-refractivity contribution in [2.45, 2.75) is 0 Å². The first-order valence-electron chi connectivity index (χ1n) is 5.61. The number of nitrogens with zero attached hydrogens (tertiary/aromatic N) is 2. The topological polar surface area (TPSA) is 186 Å². The Bertz CT molecular complexity index is 625. The van der Waals surface area contributed by atoms with Gasteiger partial charge in [0.15, 0.2) is 11.2 Å². The van der Waals surface area contributed by atoms with Gasteiger partial charge in [-0.2, -0.15) is 0 Å². The number of hydrazine groups is 2. The van der Waals surface area contributed by atoms with Gasteiger partial charge in [-0.1, -0.05) is 5.43 Å². The molecule has 0 radical (unpaired) electrons. The Morgan fingerprint density at radius 2 is 1.95 bits per heavy atom. The lowest BCUT2D eigenvalue weighted by Gasteiger charge is -1.97. The average molecular weight is 310 g/mol. The first-order valence-corrected chi connectivity index (χ1v) is 5.61. The molecule has 0 saturated heterocycles. The van der Waals surface area contributed by atoms with Gasteiger partial charge in [0.05, 0.1) is 0 Å². The Kier molecular flexibility index (Phi) is 5.79. The van der Waals surface area contributed by atoms with E-state index in [0.29, 0.717) is 5.56 Å². The first kappa shape index (κ1) is 16.4. The second-order valence-corrected chi connectivity index (χ2v) is 3.64. The number of phenolic OH excluding ortho intramolecular Hbond substituents is 1. The number of hydrogen-bond acceptors (Lipinski definition) is 6. The SMILES string of the molecule is NC(=NNC(=O)C(=O)N/[NH+]=C/c1ccc(O)cc1)N[N+](=O)[O-]. The van der Waals surface area contributed by atoms with Crippen LogP contribution in [0.5, 0.6) is 5.75 Å². The predicted octanol–water partition coefficient (Wildman–Crippen LogP) is -3.95. The van der Waals surface area contributed by atoms with Gasteiger partial charge in [0, 0.05) is 5.56 Å². The summed E-state index contributed by atoms with van der Waals surface area (Å²) in [5.74, 6) is -2.92. The van der Waals surface area contributed by atoms with Crippen LogP contribution in [-0.4, -0.2) is 34.1 Å². The number of nitrogens with two attached hydrogens (primary N) is 1. The van der Waals surface area contributed by atoms with E-state index in [4.69, 9.17) is 10.8 Å². The van der Waals surface area contributed by atoms with Crippen LogP contribution >= 0.6 is 0 Å². The summed E-state index contributed by atoms with van der Waals surface area (Å²) in [5.41, 5.74) is 10.8. The highest BCUT2D eigenvalue weighted by molar-refractivity contribution is 6.34. The highest BCUT2D eigenvalue weighted by Crippen LogP contribution is 2.06. The van der Waals surface area contributed by atoms with Gasteiger partial charge in [0.1, 0.15) is 5.75 Å². The number of phenols is 1. The van der Waals surface area contributed by atoms with Gasteiger partial charge in [-0.3, -0.25) is 9.59 Å². The molecule has 0 aliphatic heterocycles. The first-order chi connectivity index (χ1) is 10.4. The van der Waals surface area contributed by atoms with Crippen LogP contribution in [0.3, 0.4) is 0 Å². The quantitative estimate of drug-likeness (QED) is 0.108. The Labute approximate surface area is 122 Å². The predicted molar refractivity (Wildman–Crippen MR) is 72.3 cm³/mol. The maximum Gasteiger partial charge on any atom is 0.364 e. The molecular weight excluding hydrogens is 298 g/mol. The number of benzene rings is 1. The third kappa shape index (κ3) is 5.96. The lowest BCUT2D eigenvalue weighted by molar-refractivity contribution is -0.525. The molecule has 1 aromatic rings. The van der Waals surface area contributed by atoms with Gasteiger partial charge < -0.3 is 10.8 Å². The standard InChI is InChI=1S/C10H11N7O5/c11-10(16-17(21)22)15-14-9(20)8(19)13-12-5-6-1-3-7(18)4-2-6/h1-5,18H,(H,13,19)(H,14,20)(H3,11,15,16)/p+1/b12-5+. The van der Waals surface area contributed by atoms with Crippen molar-refractivity contribution in [3.8, 4) is 5.75 Å². The van der Waals surface area contributed by atoms with Crippen molar-refractivity contribution < 1.29 is 24.8 Å². The van der Waals surface area contributed by atoms with Gasteiger partial charge in [0.2, 0.25) is 0 Å². The second-order valence-electron chi connectivity index (χ2n) is 3.64. The number of amides is 2. The van der Waals surface area contributed by atoms with Crippen LogP contribution in [0.25, 0.3) is 0 Å². The fourth-order valence-corrected chi connectivity index (χ4v) is 1.09. The van der Waals surface area contributed by atoms with Gasteiger partial charge in [-0.15, -0.1) is 15.6 Å². The molecule has 0 spiro atoms. The molecule has 0 bridgehead atoms. The summed E-state index contributed by atoms with van der Waals surface area (Å²) >= 11 is 0. The van der Waals surface area contributed by atoms with Crippen LogP contribution in [-0.2, 0) is 9.59 Å². The van der Waals surface area contributed by atoms with Crippen molar-refractivity contribution in [2.75, 3.05) is 0 Å². The molecule has 7 N–H and O–H groups in total. The number of aromatic hydroxyl groups is 1. The van der Waals surface area contributed by atoms with E-state index in [1.54, 1.807) is 17.6 Å². The molecular formula is C10H12N7O5+. The third-order valence-corrected chi connectivity index (χ3v) is 2.01. The second kappa shape index (κ2) is 7.78. The molecule has 1 aromatic carbocycles. The summed E-state index contributed by atoms with van der Waals surface area (Å²) in [6.07, 6.45) is 1.36. The fraction of sp³-hybridized carbons (Fsp3) is 0. The summed E-state index contributed by atoms with van der Waals surface area (Å²) < 4.78 is 0. The summed E-state index contributed by atoms with van der Waals surface area (Å²) in [5, 5.41) is 23.5. The van der Waals surface area contributed by atoms with E-state index in [0.717, 1.165) is 0 Å². The van der Waals surface area contributed by atoms with Crippen molar-refractivity contribution in [3.63, 3.8) is 0 Å². The Balaban J connectivity index is 2.46. The van der Waals surface area contributed by atoms with E-state index in [1.165, 1.54) is 23.8 Å². The number of hydrazone groups is 2. The lowest BCUT2D eigenvalue weighted by Crippen LogP contribution is -2.82. The molecule has 0 aliphatic rings. The van der Waals surface area contributed by atoms with Crippen LogP contribution in [0.2, 0.25) is 0 Å². The summed E-state index contributed by atoms with van der Waals surface area (Å²) in [6.45, 7) is 0. The average Bonchev–Trinajstić information content (AvgIpc) is 2.46. The zero-order valence-electron chi connectivity index (χ0n) is 10.9. The van der Waals surface area contributed by atoms with E-state index in [1.807, 2.05) is 5.43 Å². The fourth-order valence-electron chi connectivity index (χ4n) is 1.09. The maximum absolute atomic E-state index is 11.3. The molecule has 0 aromatic heterocycles. The van der Waals surface area contributed by atoms with Crippen LogP contribution in [0.4, 0.5) is 0 Å². The van der Waals surface area contributed by atoms with Gasteiger partial charge in [-0.25, -0.2) is 15.5 Å². The number of carbonyl (C=O) groups is 2. The molecule has 116 valence electrons. The monoisotopic (exact) mass is 310 g/mol. The molecule has 0 unspecified atom stereocenters. The zero-order chi connectivity index (χ0) is 16.5. The number of guanidine groups is 1. The van der Waals surface area contributed by atoms with Crippen molar-refractivity contribution in [1.29, 1.82) is 0 Å². The largest absolute Gasteiger partial charge is 0.508 e. The Morgan fingerprint density at radius 1 is 1.32 bits per heavy atom. The van der Waals surface area contributed by atoms with E-state index in [-0.39, 0.29) is 5.75 Å². The zero-order valence-corrected chi connectivity index (χ0v) is 10.9. The van der Waals surface area contributed by atoms with Crippen LogP contribution < -0.4 is 27.1 Å². The molecule has 0 fully saturated rings. The smallest absolute Gasteiger partial charge is 0.364 e. The third-order valence-electron chi connectivity index (χ3n) is 2.01. The Morgan fingerprint density at radius 3 is 2.55 bits per heavy atom. The van der Waals surface area contributed by atoms with Gasteiger partial charge in [0.25, 0.3) is 5.96 Å². The summed E-state index contributed by atoms with van der Waals surface area (Å²) in [4.78, 5) is 32.6. The van der Waals surface area contributed by atoms with E-state index in [2.05, 4.69) is 10.2 Å². The van der Waals surface area contributed by atoms with Crippen molar-refractivity contribution in [3.05, 3.63) is 39.9 Å². The highest BCUT2D eigenvalue weighted by atomic mass is 16.7. The van der Waals surface area contributed by atoms with Crippen LogP contribution in [0, 0.1) is 10.1 Å².